The lowest BCUT2D eigenvalue weighted by atomic mass is 9.80. The number of halogens is 1. The zero-order chi connectivity index (χ0) is 26.0. The number of amides is 1. The fourth-order valence-electron chi connectivity index (χ4n) is 5.87. The minimum atomic E-state index is -1.05. The van der Waals surface area contributed by atoms with Gasteiger partial charge in [-0.05, 0) is 47.0 Å². The van der Waals surface area contributed by atoms with E-state index < -0.39 is 17.4 Å². The van der Waals surface area contributed by atoms with Crippen LogP contribution >= 0.6 is 12.2 Å². The summed E-state index contributed by atoms with van der Waals surface area (Å²) in [7, 11) is 1.59. The second-order valence-electron chi connectivity index (χ2n) is 9.53. The SMILES string of the molecule is CO[C@H]1C[C@@H](CO)[C@](NC(=S)NC(=O)OCC2c3ccccc3-c3ccccc32)(c2ccccc2F)C1. The van der Waals surface area contributed by atoms with Gasteiger partial charge < -0.3 is 19.9 Å². The van der Waals surface area contributed by atoms with E-state index in [4.69, 9.17) is 21.7 Å². The Morgan fingerprint density at radius 2 is 1.68 bits per heavy atom. The topological polar surface area (TPSA) is 79.8 Å². The van der Waals surface area contributed by atoms with Gasteiger partial charge in [0.1, 0.15) is 12.4 Å². The van der Waals surface area contributed by atoms with E-state index in [1.807, 2.05) is 36.4 Å². The molecule has 0 heterocycles. The van der Waals surface area contributed by atoms with Crippen LogP contribution in [0.1, 0.15) is 35.4 Å². The summed E-state index contributed by atoms with van der Waals surface area (Å²) in [5.74, 6) is -0.883. The number of benzene rings is 3. The smallest absolute Gasteiger partial charge is 0.413 e. The molecule has 1 fully saturated rings. The van der Waals surface area contributed by atoms with E-state index in [0.29, 0.717) is 18.4 Å². The van der Waals surface area contributed by atoms with Gasteiger partial charge in [-0.15, -0.1) is 0 Å². The molecule has 2 aliphatic rings. The maximum Gasteiger partial charge on any atom is 0.413 e. The number of hydrogen-bond acceptors (Lipinski definition) is 5. The summed E-state index contributed by atoms with van der Waals surface area (Å²) in [5.41, 5.74) is 3.82. The van der Waals surface area contributed by atoms with Crippen LogP contribution < -0.4 is 10.6 Å². The Kier molecular flexibility index (Phi) is 7.24. The zero-order valence-electron chi connectivity index (χ0n) is 20.4. The van der Waals surface area contributed by atoms with Gasteiger partial charge in [0.2, 0.25) is 0 Å². The average molecular weight is 521 g/mol. The van der Waals surface area contributed by atoms with Crippen LogP contribution in [0, 0.1) is 11.7 Å². The summed E-state index contributed by atoms with van der Waals surface area (Å²) < 4.78 is 26.1. The van der Waals surface area contributed by atoms with Crippen LogP contribution in [0.2, 0.25) is 0 Å². The maximum absolute atomic E-state index is 15.0. The Labute approximate surface area is 220 Å². The monoisotopic (exact) mass is 520 g/mol. The lowest BCUT2D eigenvalue weighted by Crippen LogP contribution is -2.54. The number of ether oxygens (including phenoxy) is 2. The molecule has 3 N–H and O–H groups in total. The molecule has 0 spiro atoms. The first-order chi connectivity index (χ1) is 18.0. The van der Waals surface area contributed by atoms with Crippen molar-refractivity contribution in [1.82, 2.24) is 10.6 Å². The van der Waals surface area contributed by atoms with Crippen molar-refractivity contribution in [3.63, 3.8) is 0 Å². The number of hydrogen-bond donors (Lipinski definition) is 3. The number of carbonyl (C=O) groups excluding carboxylic acids is 1. The number of thiocarbonyl (C=S) groups is 1. The normalized spacial score (nSPS) is 22.2. The summed E-state index contributed by atoms with van der Waals surface area (Å²) >= 11 is 5.46. The first-order valence-electron chi connectivity index (χ1n) is 12.3. The van der Waals surface area contributed by atoms with Gasteiger partial charge in [0.25, 0.3) is 0 Å². The van der Waals surface area contributed by atoms with Crippen molar-refractivity contribution in [1.29, 1.82) is 0 Å². The van der Waals surface area contributed by atoms with Gasteiger partial charge >= 0.3 is 6.09 Å². The maximum atomic E-state index is 15.0. The van der Waals surface area contributed by atoms with Crippen molar-refractivity contribution in [3.8, 4) is 11.1 Å². The molecule has 3 atom stereocenters. The molecule has 3 aromatic rings. The van der Waals surface area contributed by atoms with Crippen molar-refractivity contribution in [2.75, 3.05) is 20.3 Å². The summed E-state index contributed by atoms with van der Waals surface area (Å²) in [5, 5.41) is 15.9. The zero-order valence-corrected chi connectivity index (χ0v) is 21.3. The van der Waals surface area contributed by atoms with Crippen molar-refractivity contribution in [3.05, 3.63) is 95.3 Å². The van der Waals surface area contributed by atoms with Crippen molar-refractivity contribution in [2.45, 2.75) is 30.4 Å². The molecule has 0 saturated heterocycles. The van der Waals surface area contributed by atoms with Gasteiger partial charge in [0.05, 0.1) is 11.6 Å². The standard InChI is InChI=1S/C29H29FN2O4S/c1-35-19-14-18(16-33)29(15-19,25-12-6-7-13-26(25)30)32-27(37)31-28(34)36-17-24-22-10-4-2-8-20(22)21-9-3-5-11-23(21)24/h2-13,18-19,24,33H,14-17H2,1H3,(H2,31,32,34,37)/t18-,19-,29-/m0/s1. The molecule has 0 radical (unpaired) electrons. The quantitative estimate of drug-likeness (QED) is 0.403. The van der Waals surface area contributed by atoms with Crippen LogP contribution in [0.5, 0.6) is 0 Å². The Morgan fingerprint density at radius 3 is 2.30 bits per heavy atom. The van der Waals surface area contributed by atoms with Crippen LogP contribution in [0.15, 0.2) is 72.8 Å². The fraction of sp³-hybridized carbons (Fsp3) is 0.310. The van der Waals surface area contributed by atoms with Crippen molar-refractivity contribution >= 4 is 23.4 Å². The molecule has 3 aromatic carbocycles. The Hall–Kier alpha value is -3.33. The molecule has 6 nitrogen and oxygen atoms in total. The molecule has 8 heteroatoms. The number of fused-ring (bicyclic) bond motifs is 3. The summed E-state index contributed by atoms with van der Waals surface area (Å²) in [6, 6.07) is 22.6. The number of rotatable bonds is 6. The molecular formula is C29H29FN2O4S. The molecule has 5 rings (SSSR count). The second kappa shape index (κ2) is 10.6. The van der Waals surface area contributed by atoms with E-state index in [-0.39, 0.29) is 36.3 Å². The van der Waals surface area contributed by atoms with E-state index in [1.54, 1.807) is 25.3 Å². The number of alkyl carbamates (subject to hydrolysis) is 1. The average Bonchev–Trinajstić information content (AvgIpc) is 3.43. The predicted molar refractivity (Wildman–Crippen MR) is 143 cm³/mol. The van der Waals surface area contributed by atoms with E-state index in [0.717, 1.165) is 22.3 Å². The van der Waals surface area contributed by atoms with Gasteiger partial charge in [-0.25, -0.2) is 9.18 Å². The van der Waals surface area contributed by atoms with Crippen LogP contribution in [-0.2, 0) is 15.0 Å². The predicted octanol–water partition coefficient (Wildman–Crippen LogP) is 4.85. The number of nitrogens with one attached hydrogen (secondary N) is 2. The Bertz CT molecular complexity index is 1270. The van der Waals surface area contributed by atoms with Gasteiger partial charge in [-0.2, -0.15) is 0 Å². The molecule has 1 saturated carbocycles. The highest BCUT2D eigenvalue weighted by Crippen LogP contribution is 2.46. The molecule has 192 valence electrons. The third-order valence-corrected chi connectivity index (χ3v) is 7.80. The summed E-state index contributed by atoms with van der Waals surface area (Å²) in [6.07, 6.45) is -0.0178. The van der Waals surface area contributed by atoms with Crippen molar-refractivity contribution < 1.29 is 23.8 Å². The Morgan fingerprint density at radius 1 is 1.05 bits per heavy atom. The lowest BCUT2D eigenvalue weighted by molar-refractivity contribution is 0.0992. The number of aliphatic hydroxyl groups is 1. The molecule has 1 amide bonds. The molecular weight excluding hydrogens is 491 g/mol. The highest BCUT2D eigenvalue weighted by molar-refractivity contribution is 7.80. The van der Waals surface area contributed by atoms with E-state index in [9.17, 15) is 14.3 Å². The van der Waals surface area contributed by atoms with E-state index >= 15 is 0 Å². The molecule has 0 aromatic heterocycles. The van der Waals surface area contributed by atoms with E-state index in [2.05, 4.69) is 22.8 Å². The molecule has 0 bridgehead atoms. The molecule has 0 aliphatic heterocycles. The third-order valence-electron chi connectivity index (χ3n) is 7.60. The minimum absolute atomic E-state index is 0.00400. The summed E-state index contributed by atoms with van der Waals surface area (Å²) in [6.45, 7) is -0.0549. The van der Waals surface area contributed by atoms with Crippen LogP contribution in [0.3, 0.4) is 0 Å². The second-order valence-corrected chi connectivity index (χ2v) is 9.94. The van der Waals surface area contributed by atoms with Crippen LogP contribution in [0.25, 0.3) is 11.1 Å². The Balaban J connectivity index is 1.30. The van der Waals surface area contributed by atoms with Gasteiger partial charge in [0.15, 0.2) is 5.11 Å². The largest absolute Gasteiger partial charge is 0.448 e. The number of carbonyl (C=O) groups is 1. The lowest BCUT2D eigenvalue weighted by Gasteiger charge is -2.37. The third kappa shape index (κ3) is 4.72. The van der Waals surface area contributed by atoms with Crippen LogP contribution in [-0.4, -0.2) is 42.7 Å². The molecule has 37 heavy (non-hydrogen) atoms. The number of methoxy groups -OCH3 is 1. The first-order valence-corrected chi connectivity index (χ1v) is 12.7. The van der Waals surface area contributed by atoms with Gasteiger partial charge in [-0.1, -0.05) is 66.7 Å². The van der Waals surface area contributed by atoms with Crippen LogP contribution in [0.4, 0.5) is 9.18 Å². The number of aliphatic hydroxyl groups excluding tert-OH is 1. The van der Waals surface area contributed by atoms with E-state index in [1.165, 1.54) is 6.07 Å². The summed E-state index contributed by atoms with van der Waals surface area (Å²) in [4.78, 5) is 12.8. The van der Waals surface area contributed by atoms with Crippen molar-refractivity contribution in [2.24, 2.45) is 5.92 Å². The van der Waals surface area contributed by atoms with Gasteiger partial charge in [-0.3, -0.25) is 5.32 Å². The fourth-order valence-corrected chi connectivity index (χ4v) is 6.14. The highest BCUT2D eigenvalue weighted by Gasteiger charge is 2.50. The minimum Gasteiger partial charge on any atom is -0.448 e. The van der Waals surface area contributed by atoms with Gasteiger partial charge in [0, 0.05) is 37.5 Å². The molecule has 2 aliphatic carbocycles. The molecule has 0 unspecified atom stereocenters. The highest BCUT2D eigenvalue weighted by atomic mass is 32.1. The first kappa shape index (κ1) is 25.3.